The van der Waals surface area contributed by atoms with E-state index in [2.05, 4.69) is 4.72 Å². The highest BCUT2D eigenvalue weighted by Crippen LogP contribution is 2.23. The molecule has 0 bridgehead atoms. The Kier molecular flexibility index (Phi) is 5.57. The second kappa shape index (κ2) is 7.89. The van der Waals surface area contributed by atoms with Gasteiger partial charge in [0.1, 0.15) is 6.04 Å². The van der Waals surface area contributed by atoms with E-state index < -0.39 is 22.0 Å². The molecule has 142 valence electrons. The maximum atomic E-state index is 12.6. The van der Waals surface area contributed by atoms with E-state index >= 15 is 0 Å². The first-order valence-corrected chi connectivity index (χ1v) is 10.0. The van der Waals surface area contributed by atoms with Crippen molar-refractivity contribution in [2.75, 3.05) is 11.4 Å². The monoisotopic (exact) mass is 388 g/mol. The molecule has 27 heavy (non-hydrogen) atoms. The lowest BCUT2D eigenvalue weighted by molar-refractivity contribution is -0.138. The number of carboxylic acids is 1. The lowest BCUT2D eigenvalue weighted by Crippen LogP contribution is -2.42. The van der Waals surface area contributed by atoms with Gasteiger partial charge in [0.2, 0.25) is 15.9 Å². The van der Waals surface area contributed by atoms with Crippen molar-refractivity contribution in [2.24, 2.45) is 0 Å². The normalized spacial score (nSPS) is 15.7. The molecule has 0 unspecified atom stereocenters. The summed E-state index contributed by atoms with van der Waals surface area (Å²) in [5.41, 5.74) is 1.35. The van der Waals surface area contributed by atoms with E-state index in [1.807, 2.05) is 0 Å². The molecule has 1 heterocycles. The van der Waals surface area contributed by atoms with Gasteiger partial charge in [-0.05, 0) is 42.7 Å². The molecule has 2 aromatic carbocycles. The Morgan fingerprint density at radius 2 is 1.78 bits per heavy atom. The third-order valence-electron chi connectivity index (χ3n) is 4.41. The highest BCUT2D eigenvalue weighted by Gasteiger charge is 2.26. The number of nitrogens with zero attached hydrogens (tertiary/aromatic N) is 1. The number of carboxylic acid groups (broad SMARTS) is 1. The van der Waals surface area contributed by atoms with Gasteiger partial charge in [-0.2, -0.15) is 4.72 Å². The Morgan fingerprint density at radius 3 is 2.33 bits per heavy atom. The van der Waals surface area contributed by atoms with E-state index in [1.54, 1.807) is 47.4 Å². The van der Waals surface area contributed by atoms with Gasteiger partial charge in [0.25, 0.3) is 0 Å². The highest BCUT2D eigenvalue weighted by atomic mass is 32.2. The van der Waals surface area contributed by atoms with Crippen LogP contribution in [0.3, 0.4) is 0 Å². The molecule has 1 aliphatic heterocycles. The zero-order valence-electron chi connectivity index (χ0n) is 14.5. The zero-order chi connectivity index (χ0) is 19.4. The minimum atomic E-state index is -4.01. The summed E-state index contributed by atoms with van der Waals surface area (Å²) in [6.45, 7) is 0.612. The largest absolute Gasteiger partial charge is 0.480 e. The fourth-order valence-electron chi connectivity index (χ4n) is 3.01. The average Bonchev–Trinajstić information content (AvgIpc) is 3.08. The first kappa shape index (κ1) is 19.1. The van der Waals surface area contributed by atoms with Gasteiger partial charge in [0.05, 0.1) is 4.90 Å². The highest BCUT2D eigenvalue weighted by molar-refractivity contribution is 7.89. The predicted molar refractivity (Wildman–Crippen MR) is 99.9 cm³/mol. The van der Waals surface area contributed by atoms with Crippen molar-refractivity contribution in [2.45, 2.75) is 30.2 Å². The van der Waals surface area contributed by atoms with Crippen LogP contribution in [-0.4, -0.2) is 38.0 Å². The molecule has 2 aromatic rings. The molecule has 0 spiro atoms. The summed E-state index contributed by atoms with van der Waals surface area (Å²) in [5.74, 6) is -1.24. The summed E-state index contributed by atoms with van der Waals surface area (Å²) in [7, 11) is -4.01. The number of anilines is 1. The Balaban J connectivity index is 1.76. The standard InChI is InChI=1S/C19H20N2O5S/c22-18-7-4-12-21(18)15-8-10-16(11-9-15)27(25,26)20-17(19(23)24)13-14-5-2-1-3-6-14/h1-3,5-6,8-11,17,20H,4,7,12-13H2,(H,23,24)/t17-/m0/s1. The molecule has 1 saturated heterocycles. The third-order valence-corrected chi connectivity index (χ3v) is 5.90. The smallest absolute Gasteiger partial charge is 0.322 e. The van der Waals surface area contributed by atoms with Crippen molar-refractivity contribution >= 4 is 27.6 Å². The van der Waals surface area contributed by atoms with Crippen LogP contribution in [0.25, 0.3) is 0 Å². The summed E-state index contributed by atoms with van der Waals surface area (Å²) < 4.78 is 27.4. The SMILES string of the molecule is O=C(O)[C@H](Cc1ccccc1)NS(=O)(=O)c1ccc(N2CCCC2=O)cc1. The van der Waals surface area contributed by atoms with Crippen LogP contribution in [0.15, 0.2) is 59.5 Å². The van der Waals surface area contributed by atoms with Gasteiger partial charge in [-0.1, -0.05) is 30.3 Å². The van der Waals surface area contributed by atoms with Crippen LogP contribution in [0.5, 0.6) is 0 Å². The summed E-state index contributed by atoms with van der Waals surface area (Å²) in [6, 6.07) is 13.4. The van der Waals surface area contributed by atoms with Crippen LogP contribution in [0.2, 0.25) is 0 Å². The van der Waals surface area contributed by atoms with Crippen molar-refractivity contribution in [3.63, 3.8) is 0 Å². The number of aliphatic carboxylic acids is 1. The second-order valence-corrected chi connectivity index (χ2v) is 8.06. The Labute approximate surface area is 157 Å². The Morgan fingerprint density at radius 1 is 1.11 bits per heavy atom. The van der Waals surface area contributed by atoms with Crippen molar-refractivity contribution < 1.29 is 23.1 Å². The number of nitrogens with one attached hydrogen (secondary N) is 1. The molecule has 8 heteroatoms. The maximum absolute atomic E-state index is 12.6. The average molecular weight is 388 g/mol. The van der Waals surface area contributed by atoms with Crippen molar-refractivity contribution in [1.82, 2.24) is 4.72 Å². The van der Waals surface area contributed by atoms with E-state index in [9.17, 15) is 23.1 Å². The van der Waals surface area contributed by atoms with E-state index in [-0.39, 0.29) is 17.2 Å². The van der Waals surface area contributed by atoms with E-state index in [1.165, 1.54) is 12.1 Å². The first-order chi connectivity index (χ1) is 12.9. The quantitative estimate of drug-likeness (QED) is 0.753. The van der Waals surface area contributed by atoms with Crippen LogP contribution in [0.4, 0.5) is 5.69 Å². The summed E-state index contributed by atoms with van der Waals surface area (Å²) in [4.78, 5) is 24.9. The lowest BCUT2D eigenvalue weighted by atomic mass is 10.1. The third kappa shape index (κ3) is 4.53. The minimum Gasteiger partial charge on any atom is -0.480 e. The molecule has 1 amide bonds. The van der Waals surface area contributed by atoms with Gasteiger partial charge in [0, 0.05) is 18.7 Å². The lowest BCUT2D eigenvalue weighted by Gasteiger charge is -2.17. The molecule has 0 saturated carbocycles. The molecule has 0 aliphatic carbocycles. The number of rotatable bonds is 7. The number of hydrogen-bond acceptors (Lipinski definition) is 4. The van der Waals surface area contributed by atoms with Crippen LogP contribution < -0.4 is 9.62 Å². The van der Waals surface area contributed by atoms with Gasteiger partial charge >= 0.3 is 5.97 Å². The maximum Gasteiger partial charge on any atom is 0.322 e. The molecule has 1 aliphatic rings. The molecule has 3 rings (SSSR count). The van der Waals surface area contributed by atoms with Crippen LogP contribution >= 0.6 is 0 Å². The zero-order valence-corrected chi connectivity index (χ0v) is 15.4. The fraction of sp³-hybridized carbons (Fsp3) is 0.263. The molecule has 1 atom stereocenters. The van der Waals surface area contributed by atoms with Crippen molar-refractivity contribution in [1.29, 1.82) is 0 Å². The number of hydrogen-bond donors (Lipinski definition) is 2. The summed E-state index contributed by atoms with van der Waals surface area (Å²) >= 11 is 0. The Bertz CT molecular complexity index is 926. The van der Waals surface area contributed by atoms with Gasteiger partial charge in [-0.3, -0.25) is 9.59 Å². The van der Waals surface area contributed by atoms with Crippen LogP contribution in [0, 0.1) is 0 Å². The molecular formula is C19H20N2O5S. The number of benzene rings is 2. The van der Waals surface area contributed by atoms with E-state index in [0.717, 1.165) is 12.0 Å². The number of carbonyl (C=O) groups is 2. The first-order valence-electron chi connectivity index (χ1n) is 8.56. The molecular weight excluding hydrogens is 368 g/mol. The van der Waals surface area contributed by atoms with Gasteiger partial charge in [0.15, 0.2) is 0 Å². The predicted octanol–water partition coefficient (Wildman–Crippen LogP) is 1.79. The molecule has 0 radical (unpaired) electrons. The van der Waals surface area contributed by atoms with Crippen LogP contribution in [-0.2, 0) is 26.0 Å². The van der Waals surface area contributed by atoms with E-state index in [4.69, 9.17) is 0 Å². The Hall–Kier alpha value is -2.71. The van der Waals surface area contributed by atoms with Crippen molar-refractivity contribution in [3.05, 3.63) is 60.2 Å². The van der Waals surface area contributed by atoms with Gasteiger partial charge in [-0.15, -0.1) is 0 Å². The van der Waals surface area contributed by atoms with E-state index in [0.29, 0.717) is 18.7 Å². The van der Waals surface area contributed by atoms with Crippen LogP contribution in [0.1, 0.15) is 18.4 Å². The fourth-order valence-corrected chi connectivity index (χ4v) is 4.20. The molecule has 0 aromatic heterocycles. The summed E-state index contributed by atoms with van der Waals surface area (Å²) in [6.07, 6.45) is 1.30. The topological polar surface area (TPSA) is 104 Å². The van der Waals surface area contributed by atoms with Gasteiger partial charge in [-0.25, -0.2) is 8.42 Å². The number of amides is 1. The number of carbonyl (C=O) groups excluding carboxylic acids is 1. The van der Waals surface area contributed by atoms with Gasteiger partial charge < -0.3 is 10.0 Å². The summed E-state index contributed by atoms with van der Waals surface area (Å²) in [5, 5.41) is 9.39. The molecule has 2 N–H and O–H groups in total. The molecule has 7 nitrogen and oxygen atoms in total. The molecule has 1 fully saturated rings. The number of sulfonamides is 1. The van der Waals surface area contributed by atoms with Crippen molar-refractivity contribution in [3.8, 4) is 0 Å². The second-order valence-electron chi connectivity index (χ2n) is 6.34. The minimum absolute atomic E-state index is 0.0116.